The maximum absolute atomic E-state index is 14.3. The highest BCUT2D eigenvalue weighted by atomic mass is 19.1. The Balaban J connectivity index is 1.34. The van der Waals surface area contributed by atoms with Crippen LogP contribution in [0.2, 0.25) is 0 Å². The van der Waals surface area contributed by atoms with Gasteiger partial charge in [0.2, 0.25) is 0 Å². The summed E-state index contributed by atoms with van der Waals surface area (Å²) in [6, 6.07) is 8.96. The van der Waals surface area contributed by atoms with Crippen molar-refractivity contribution in [3.05, 3.63) is 59.2 Å². The van der Waals surface area contributed by atoms with Crippen molar-refractivity contribution in [2.45, 2.75) is 44.2 Å². The van der Waals surface area contributed by atoms with E-state index < -0.39 is 11.6 Å². The Labute approximate surface area is 175 Å². The molecule has 4 aliphatic rings. The standard InChI is InChI=1S/C24H26F2N2O2/c25-18-6-7-21(26)19(13-18)17-5-4-15-2-1-3-22(20(15)12-17)27-24(29)30-23-14-28-10-8-16(23)9-11-28/h4-7,12-13,16,22-23H,1-3,8-11,14H2,(H,27,29)/t22?,23-/m0/s1. The van der Waals surface area contributed by atoms with E-state index in [1.54, 1.807) is 0 Å². The van der Waals surface area contributed by atoms with E-state index in [9.17, 15) is 13.6 Å². The Kier molecular flexibility index (Phi) is 5.19. The third kappa shape index (κ3) is 3.81. The largest absolute Gasteiger partial charge is 0.445 e. The fourth-order valence-corrected chi connectivity index (χ4v) is 5.19. The highest BCUT2D eigenvalue weighted by Gasteiger charge is 2.37. The van der Waals surface area contributed by atoms with Crippen molar-refractivity contribution in [1.29, 1.82) is 0 Å². The molecule has 1 aliphatic carbocycles. The van der Waals surface area contributed by atoms with E-state index in [1.807, 2.05) is 18.2 Å². The Morgan fingerprint density at radius 2 is 1.90 bits per heavy atom. The van der Waals surface area contributed by atoms with Gasteiger partial charge in [0.1, 0.15) is 17.7 Å². The zero-order valence-electron chi connectivity index (χ0n) is 16.9. The first-order valence-corrected chi connectivity index (χ1v) is 10.8. The van der Waals surface area contributed by atoms with Gasteiger partial charge in [-0.15, -0.1) is 0 Å². The van der Waals surface area contributed by atoms with Crippen LogP contribution in [0.4, 0.5) is 13.6 Å². The van der Waals surface area contributed by atoms with E-state index in [2.05, 4.69) is 10.2 Å². The lowest BCUT2D eigenvalue weighted by atomic mass is 9.85. The first kappa shape index (κ1) is 19.5. The van der Waals surface area contributed by atoms with E-state index in [4.69, 9.17) is 4.74 Å². The van der Waals surface area contributed by atoms with E-state index in [-0.39, 0.29) is 23.8 Å². The number of carbonyl (C=O) groups is 1. The van der Waals surface area contributed by atoms with Gasteiger partial charge in [0, 0.05) is 12.1 Å². The Bertz CT molecular complexity index is 956. The minimum Gasteiger partial charge on any atom is -0.445 e. The van der Waals surface area contributed by atoms with Crippen LogP contribution < -0.4 is 5.32 Å². The lowest BCUT2D eigenvalue weighted by molar-refractivity contribution is -0.0340. The lowest BCUT2D eigenvalue weighted by Crippen LogP contribution is -2.52. The van der Waals surface area contributed by atoms with Gasteiger partial charge in [-0.05, 0) is 92.1 Å². The molecular weight excluding hydrogens is 386 g/mol. The molecule has 0 saturated carbocycles. The molecule has 2 atom stereocenters. The number of halogens is 2. The maximum atomic E-state index is 14.3. The molecule has 2 bridgehead atoms. The summed E-state index contributed by atoms with van der Waals surface area (Å²) in [5.74, 6) is -0.472. The highest BCUT2D eigenvalue weighted by molar-refractivity contribution is 5.70. The first-order valence-electron chi connectivity index (χ1n) is 10.8. The number of nitrogens with one attached hydrogen (secondary N) is 1. The topological polar surface area (TPSA) is 41.6 Å². The van der Waals surface area contributed by atoms with Crippen molar-refractivity contribution in [3.63, 3.8) is 0 Å². The number of hydrogen-bond donors (Lipinski definition) is 1. The molecule has 2 aromatic carbocycles. The smallest absolute Gasteiger partial charge is 0.407 e. The molecule has 3 saturated heterocycles. The normalized spacial score (nSPS) is 27.4. The monoisotopic (exact) mass is 412 g/mol. The minimum absolute atomic E-state index is 0.0386. The second-order valence-electron chi connectivity index (χ2n) is 8.71. The average molecular weight is 412 g/mol. The van der Waals surface area contributed by atoms with Gasteiger partial charge in [-0.25, -0.2) is 13.6 Å². The molecule has 0 spiro atoms. The summed E-state index contributed by atoms with van der Waals surface area (Å²) in [6.45, 7) is 3.02. The molecule has 1 N–H and O–H groups in total. The number of ether oxygens (including phenoxy) is 1. The molecule has 1 unspecified atom stereocenters. The molecule has 3 aliphatic heterocycles. The fraction of sp³-hybridized carbons (Fsp3) is 0.458. The van der Waals surface area contributed by atoms with Gasteiger partial charge in [-0.3, -0.25) is 4.90 Å². The van der Waals surface area contributed by atoms with Gasteiger partial charge < -0.3 is 10.1 Å². The van der Waals surface area contributed by atoms with Gasteiger partial charge in [0.15, 0.2) is 0 Å². The molecule has 4 nitrogen and oxygen atoms in total. The molecule has 1 amide bonds. The van der Waals surface area contributed by atoms with Crippen LogP contribution in [0.5, 0.6) is 0 Å². The van der Waals surface area contributed by atoms with E-state index in [0.29, 0.717) is 11.5 Å². The molecule has 2 aromatic rings. The molecule has 0 radical (unpaired) electrons. The number of piperidine rings is 3. The summed E-state index contributed by atoms with van der Waals surface area (Å²) < 4.78 is 33.7. The summed E-state index contributed by atoms with van der Waals surface area (Å²) in [7, 11) is 0. The molecule has 3 heterocycles. The van der Waals surface area contributed by atoms with Crippen molar-refractivity contribution in [2.75, 3.05) is 19.6 Å². The molecule has 158 valence electrons. The number of carbonyl (C=O) groups excluding carboxylic acids is 1. The second-order valence-corrected chi connectivity index (χ2v) is 8.71. The van der Waals surface area contributed by atoms with Crippen LogP contribution in [0.15, 0.2) is 36.4 Å². The number of fused-ring (bicyclic) bond motifs is 4. The zero-order valence-corrected chi connectivity index (χ0v) is 16.9. The lowest BCUT2D eigenvalue weighted by Gasteiger charge is -2.44. The van der Waals surface area contributed by atoms with Gasteiger partial charge in [0.25, 0.3) is 0 Å². The summed E-state index contributed by atoms with van der Waals surface area (Å²) in [4.78, 5) is 15.0. The molecule has 3 fully saturated rings. The van der Waals surface area contributed by atoms with E-state index in [1.165, 1.54) is 6.07 Å². The highest BCUT2D eigenvalue weighted by Crippen LogP contribution is 2.35. The Morgan fingerprint density at radius 3 is 2.67 bits per heavy atom. The van der Waals surface area contributed by atoms with Crippen molar-refractivity contribution in [1.82, 2.24) is 10.2 Å². The second kappa shape index (κ2) is 7.99. The molecule has 0 aromatic heterocycles. The van der Waals surface area contributed by atoms with Gasteiger partial charge >= 0.3 is 6.09 Å². The Morgan fingerprint density at radius 1 is 1.07 bits per heavy atom. The number of amides is 1. The van der Waals surface area contributed by atoms with Crippen LogP contribution in [-0.4, -0.2) is 36.7 Å². The molecule has 6 rings (SSSR count). The van der Waals surface area contributed by atoms with Crippen LogP contribution in [0.3, 0.4) is 0 Å². The van der Waals surface area contributed by atoms with Crippen molar-refractivity contribution >= 4 is 6.09 Å². The van der Waals surface area contributed by atoms with E-state index in [0.717, 1.165) is 75.0 Å². The summed E-state index contributed by atoms with van der Waals surface area (Å²) in [5.41, 5.74) is 2.95. The zero-order chi connectivity index (χ0) is 20.7. The predicted octanol–water partition coefficient (Wildman–Crippen LogP) is 4.83. The fourth-order valence-electron chi connectivity index (χ4n) is 5.19. The number of aryl methyl sites for hydroxylation is 1. The first-order chi connectivity index (χ1) is 14.6. The number of alkyl carbamates (subject to hydrolysis) is 1. The summed E-state index contributed by atoms with van der Waals surface area (Å²) >= 11 is 0. The van der Waals surface area contributed by atoms with Gasteiger partial charge in [-0.1, -0.05) is 12.1 Å². The molecule has 6 heteroatoms. The number of rotatable bonds is 3. The Hall–Kier alpha value is -2.47. The molecular formula is C24H26F2N2O2. The van der Waals surface area contributed by atoms with E-state index >= 15 is 0 Å². The number of nitrogens with zero attached hydrogens (tertiary/aromatic N) is 1. The van der Waals surface area contributed by atoms with Gasteiger partial charge in [-0.2, -0.15) is 0 Å². The predicted molar refractivity (Wildman–Crippen MR) is 110 cm³/mol. The number of benzene rings is 2. The van der Waals surface area contributed by atoms with Crippen LogP contribution in [0.1, 0.15) is 42.9 Å². The van der Waals surface area contributed by atoms with Crippen molar-refractivity contribution < 1.29 is 18.3 Å². The average Bonchev–Trinajstić information content (AvgIpc) is 2.76. The molecule has 30 heavy (non-hydrogen) atoms. The third-order valence-corrected chi connectivity index (χ3v) is 6.85. The van der Waals surface area contributed by atoms with Crippen LogP contribution in [0, 0.1) is 17.6 Å². The van der Waals surface area contributed by atoms with Crippen molar-refractivity contribution in [2.24, 2.45) is 5.92 Å². The summed E-state index contributed by atoms with van der Waals surface area (Å²) in [6.07, 6.45) is 4.44. The van der Waals surface area contributed by atoms with Crippen LogP contribution >= 0.6 is 0 Å². The number of hydrogen-bond acceptors (Lipinski definition) is 3. The quantitative estimate of drug-likeness (QED) is 0.785. The maximum Gasteiger partial charge on any atom is 0.407 e. The minimum atomic E-state index is -0.472. The van der Waals surface area contributed by atoms with Crippen molar-refractivity contribution in [3.8, 4) is 11.1 Å². The van der Waals surface area contributed by atoms with Gasteiger partial charge in [0.05, 0.1) is 6.04 Å². The van der Waals surface area contributed by atoms with Crippen LogP contribution in [-0.2, 0) is 11.2 Å². The van der Waals surface area contributed by atoms with Crippen LogP contribution in [0.25, 0.3) is 11.1 Å². The summed E-state index contributed by atoms with van der Waals surface area (Å²) in [5, 5.41) is 3.04. The third-order valence-electron chi connectivity index (χ3n) is 6.85. The SMILES string of the molecule is O=C(NC1CCCc2ccc(-c3cc(F)ccc3F)cc21)O[C@H]1CN2CCC1CC2.